The van der Waals surface area contributed by atoms with Gasteiger partial charge in [-0.15, -0.1) is 0 Å². The summed E-state index contributed by atoms with van der Waals surface area (Å²) >= 11 is 0. The first kappa shape index (κ1) is 20.7. The third kappa shape index (κ3) is 4.77. The van der Waals surface area contributed by atoms with Gasteiger partial charge < -0.3 is 9.47 Å². The van der Waals surface area contributed by atoms with Crippen LogP contribution in [0.25, 0.3) is 6.08 Å². The molecule has 0 heterocycles. The smallest absolute Gasteiger partial charge is 0.300 e. The summed E-state index contributed by atoms with van der Waals surface area (Å²) < 4.78 is 95.2. The van der Waals surface area contributed by atoms with Crippen molar-refractivity contribution in [1.82, 2.24) is 0 Å². The van der Waals surface area contributed by atoms with Gasteiger partial charge in [-0.1, -0.05) is 24.8 Å². The zero-order chi connectivity index (χ0) is 20.2. The van der Waals surface area contributed by atoms with Crippen LogP contribution in [0.5, 0.6) is 11.5 Å². The minimum Gasteiger partial charge on any atom is -0.493 e. The zero-order valence-electron chi connectivity index (χ0n) is 13.7. The molecule has 0 saturated heterocycles. The minimum absolute atomic E-state index is 0.0741. The Morgan fingerprint density at radius 3 is 1.93 bits per heavy atom. The van der Waals surface area contributed by atoms with E-state index in [1.807, 2.05) is 0 Å². The van der Waals surface area contributed by atoms with Gasteiger partial charge in [0.15, 0.2) is 22.3 Å². The Morgan fingerprint density at radius 2 is 1.44 bits per heavy atom. The minimum atomic E-state index is -5.50. The van der Waals surface area contributed by atoms with E-state index in [1.165, 1.54) is 0 Å². The van der Waals surface area contributed by atoms with Crippen molar-refractivity contribution in [1.29, 1.82) is 0 Å². The Hall–Kier alpha value is -2.59. The van der Waals surface area contributed by atoms with Crippen molar-refractivity contribution in [3.05, 3.63) is 59.7 Å². The summed E-state index contributed by atoms with van der Waals surface area (Å²) in [6.45, 7) is 3.30. The Bertz CT molecular complexity index is 914. The van der Waals surface area contributed by atoms with Crippen molar-refractivity contribution in [3.63, 3.8) is 0 Å². The Kier molecular flexibility index (Phi) is 6.45. The van der Waals surface area contributed by atoms with Crippen LogP contribution >= 0.6 is 0 Å². The van der Waals surface area contributed by atoms with Crippen molar-refractivity contribution in [2.24, 2.45) is 0 Å². The van der Waals surface area contributed by atoms with Crippen LogP contribution in [0.4, 0.5) is 17.6 Å². The van der Waals surface area contributed by atoms with E-state index in [0.717, 1.165) is 5.56 Å². The van der Waals surface area contributed by atoms with E-state index >= 15 is 0 Å². The topological polar surface area (TPSA) is 72.8 Å². The SMILES string of the molecule is C=Cc1ccc(OCCCOc2c(F)c(F)c(S(=O)(=O)O)c(F)c2F)cc1. The lowest BCUT2D eigenvalue weighted by molar-refractivity contribution is 0.226. The molecule has 0 aromatic heterocycles. The maximum absolute atomic E-state index is 13.8. The molecular formula is C17H14F4O5S. The summed E-state index contributed by atoms with van der Waals surface area (Å²) in [6, 6.07) is 6.86. The summed E-state index contributed by atoms with van der Waals surface area (Å²) in [5.74, 6) is -9.58. The molecule has 2 aromatic rings. The van der Waals surface area contributed by atoms with Crippen LogP contribution in [0.2, 0.25) is 0 Å². The fourth-order valence-corrected chi connectivity index (χ4v) is 2.70. The van der Waals surface area contributed by atoms with Crippen molar-refractivity contribution < 1.29 is 40.0 Å². The van der Waals surface area contributed by atoms with Crippen molar-refractivity contribution >= 4 is 16.2 Å². The average Bonchev–Trinajstić information content (AvgIpc) is 2.62. The van der Waals surface area contributed by atoms with Crippen LogP contribution in [0, 0.1) is 23.3 Å². The molecule has 0 aliphatic rings. The fourth-order valence-electron chi connectivity index (χ4n) is 2.07. The molecule has 0 aliphatic carbocycles. The van der Waals surface area contributed by atoms with Crippen LogP contribution in [0.1, 0.15) is 12.0 Å². The van der Waals surface area contributed by atoms with Crippen LogP contribution in [0.3, 0.4) is 0 Å². The van der Waals surface area contributed by atoms with Crippen LogP contribution < -0.4 is 9.47 Å². The highest BCUT2D eigenvalue weighted by molar-refractivity contribution is 7.85. The third-order valence-corrected chi connectivity index (χ3v) is 4.23. The molecule has 0 unspecified atom stereocenters. The van der Waals surface area contributed by atoms with Crippen molar-refractivity contribution in [3.8, 4) is 11.5 Å². The lowest BCUT2D eigenvalue weighted by Gasteiger charge is -2.12. The average molecular weight is 406 g/mol. The van der Waals surface area contributed by atoms with Gasteiger partial charge in [-0.25, -0.2) is 8.78 Å². The lowest BCUT2D eigenvalue weighted by atomic mass is 10.2. The van der Waals surface area contributed by atoms with Crippen molar-refractivity contribution in [2.45, 2.75) is 11.3 Å². The largest absolute Gasteiger partial charge is 0.493 e. The van der Waals surface area contributed by atoms with Gasteiger partial charge in [0, 0.05) is 6.42 Å². The van der Waals surface area contributed by atoms with Crippen LogP contribution in [0.15, 0.2) is 35.7 Å². The van der Waals surface area contributed by atoms with E-state index in [1.54, 1.807) is 30.3 Å². The summed E-state index contributed by atoms with van der Waals surface area (Å²) in [6.07, 6.45) is 1.75. The molecule has 0 bridgehead atoms. The predicted molar refractivity (Wildman–Crippen MR) is 88.2 cm³/mol. The second-order valence-corrected chi connectivity index (χ2v) is 6.57. The number of benzene rings is 2. The molecule has 0 atom stereocenters. The monoisotopic (exact) mass is 406 g/mol. The molecule has 0 amide bonds. The Labute approximate surface area is 152 Å². The van der Waals surface area contributed by atoms with Crippen molar-refractivity contribution in [2.75, 3.05) is 13.2 Å². The summed E-state index contributed by atoms with van der Waals surface area (Å²) in [5, 5.41) is 0. The standard InChI is InChI=1S/C17H14F4O5S/c1-2-10-4-6-11(7-5-10)25-8-3-9-26-16-12(18)14(20)17(27(22,23)24)15(21)13(16)19/h2,4-7H,1,3,8-9H2,(H,22,23,24). The van der Waals surface area contributed by atoms with Gasteiger partial charge in [-0.3, -0.25) is 4.55 Å². The van der Waals surface area contributed by atoms with Gasteiger partial charge in [0.2, 0.25) is 11.6 Å². The first-order valence-corrected chi connectivity index (χ1v) is 8.92. The zero-order valence-corrected chi connectivity index (χ0v) is 14.5. The Balaban J connectivity index is 2.00. The molecular weight excluding hydrogens is 392 g/mol. The quantitative estimate of drug-likeness (QED) is 0.311. The lowest BCUT2D eigenvalue weighted by Crippen LogP contribution is -2.13. The molecule has 5 nitrogen and oxygen atoms in total. The van der Waals surface area contributed by atoms with E-state index in [4.69, 9.17) is 9.29 Å². The fraction of sp³-hybridized carbons (Fsp3) is 0.176. The molecule has 1 N–H and O–H groups in total. The highest BCUT2D eigenvalue weighted by atomic mass is 32.2. The second-order valence-electron chi connectivity index (χ2n) is 5.21. The highest BCUT2D eigenvalue weighted by Gasteiger charge is 2.33. The molecule has 0 saturated carbocycles. The number of halogens is 4. The van der Waals surface area contributed by atoms with E-state index in [2.05, 4.69) is 11.3 Å². The maximum Gasteiger partial charge on any atom is 0.300 e. The first-order valence-electron chi connectivity index (χ1n) is 7.48. The number of rotatable bonds is 8. The van der Waals surface area contributed by atoms with Gasteiger partial charge in [-0.05, 0) is 17.7 Å². The molecule has 0 aliphatic heterocycles. The number of ether oxygens (including phenoxy) is 2. The summed E-state index contributed by atoms with van der Waals surface area (Å²) in [5.41, 5.74) is 0.883. The summed E-state index contributed by atoms with van der Waals surface area (Å²) in [7, 11) is -5.50. The molecule has 2 aromatic carbocycles. The Morgan fingerprint density at radius 1 is 0.926 bits per heavy atom. The van der Waals surface area contributed by atoms with E-state index in [-0.39, 0.29) is 19.6 Å². The normalized spacial score (nSPS) is 11.3. The van der Waals surface area contributed by atoms with E-state index in [0.29, 0.717) is 5.75 Å². The van der Waals surface area contributed by atoms with Gasteiger partial charge in [-0.2, -0.15) is 17.2 Å². The van der Waals surface area contributed by atoms with Gasteiger partial charge in [0.1, 0.15) is 5.75 Å². The number of hydrogen-bond acceptors (Lipinski definition) is 4. The predicted octanol–water partition coefficient (Wildman–Crippen LogP) is 3.98. The molecule has 27 heavy (non-hydrogen) atoms. The molecule has 2 rings (SSSR count). The molecule has 0 radical (unpaired) electrons. The molecule has 0 fully saturated rings. The van der Waals surface area contributed by atoms with Crippen LogP contribution in [-0.2, 0) is 10.1 Å². The first-order chi connectivity index (χ1) is 12.7. The third-order valence-electron chi connectivity index (χ3n) is 3.36. The van der Waals surface area contributed by atoms with Gasteiger partial charge in [0.25, 0.3) is 0 Å². The summed E-state index contributed by atoms with van der Waals surface area (Å²) in [4.78, 5) is -2.11. The van der Waals surface area contributed by atoms with Gasteiger partial charge >= 0.3 is 10.1 Å². The molecule has 0 spiro atoms. The molecule has 146 valence electrons. The van der Waals surface area contributed by atoms with Gasteiger partial charge in [0.05, 0.1) is 13.2 Å². The maximum atomic E-state index is 13.8. The molecule has 10 heteroatoms. The van der Waals surface area contributed by atoms with E-state index < -0.39 is 44.0 Å². The van der Waals surface area contributed by atoms with E-state index in [9.17, 15) is 26.0 Å². The second kappa shape index (κ2) is 8.40. The van der Waals surface area contributed by atoms with Crippen LogP contribution in [-0.4, -0.2) is 26.2 Å². The highest BCUT2D eigenvalue weighted by Crippen LogP contribution is 2.32. The number of hydrogen-bond donors (Lipinski definition) is 1.